The normalized spacial score (nSPS) is 21.4. The fourth-order valence-electron chi connectivity index (χ4n) is 4.78. The number of fused-ring (bicyclic) bond motifs is 1. The first-order chi connectivity index (χ1) is 14.4. The minimum atomic E-state index is -3.34. The summed E-state index contributed by atoms with van der Waals surface area (Å²) in [5, 5.41) is 1.07. The van der Waals surface area contributed by atoms with E-state index in [2.05, 4.69) is 9.88 Å². The van der Waals surface area contributed by atoms with Crippen molar-refractivity contribution in [2.75, 3.05) is 45.5 Å². The monoisotopic (exact) mass is 432 g/mol. The molecule has 0 saturated carbocycles. The summed E-state index contributed by atoms with van der Waals surface area (Å²) in [4.78, 5) is 20.5. The number of aromatic nitrogens is 1. The van der Waals surface area contributed by atoms with Gasteiger partial charge in [0.15, 0.2) is 0 Å². The van der Waals surface area contributed by atoms with Crippen molar-refractivity contribution in [3.05, 3.63) is 36.0 Å². The summed E-state index contributed by atoms with van der Waals surface area (Å²) < 4.78 is 26.8. The second-order valence-corrected chi connectivity index (χ2v) is 10.5. The van der Waals surface area contributed by atoms with Crippen molar-refractivity contribution >= 4 is 26.8 Å². The lowest BCUT2D eigenvalue weighted by molar-refractivity contribution is 0.0647. The molecule has 1 N–H and O–H groups in total. The highest BCUT2D eigenvalue weighted by Crippen LogP contribution is 2.22. The number of likely N-dealkylation sites (tertiary alicyclic amines) is 2. The Bertz CT molecular complexity index is 981. The van der Waals surface area contributed by atoms with Crippen LogP contribution in [0.3, 0.4) is 0 Å². The van der Waals surface area contributed by atoms with E-state index in [-0.39, 0.29) is 11.9 Å². The number of rotatable bonds is 6. The van der Waals surface area contributed by atoms with Gasteiger partial charge < -0.3 is 14.8 Å². The molecule has 30 heavy (non-hydrogen) atoms. The number of nitrogens with zero attached hydrogens (tertiary/aromatic N) is 3. The SMILES string of the molecule is CS(=O)(=O)N(CCN1CCCCC1)C1CCCN(C(=O)c2ccc3cc[nH]c3c2)C1. The van der Waals surface area contributed by atoms with Crippen LogP contribution in [0.1, 0.15) is 42.5 Å². The van der Waals surface area contributed by atoms with Crippen molar-refractivity contribution in [2.24, 2.45) is 0 Å². The second kappa shape index (κ2) is 9.08. The quantitative estimate of drug-likeness (QED) is 0.761. The van der Waals surface area contributed by atoms with Crippen LogP contribution >= 0.6 is 0 Å². The molecule has 0 bridgehead atoms. The summed E-state index contributed by atoms with van der Waals surface area (Å²) in [5.74, 6) is -0.0271. The van der Waals surface area contributed by atoms with Crippen LogP contribution in [0, 0.1) is 0 Å². The predicted molar refractivity (Wildman–Crippen MR) is 119 cm³/mol. The van der Waals surface area contributed by atoms with Gasteiger partial charge in [-0.2, -0.15) is 4.31 Å². The van der Waals surface area contributed by atoms with Crippen LogP contribution in [0.4, 0.5) is 0 Å². The van der Waals surface area contributed by atoms with Gasteiger partial charge in [-0.25, -0.2) is 8.42 Å². The summed E-state index contributed by atoms with van der Waals surface area (Å²) in [7, 11) is -3.34. The number of benzene rings is 1. The summed E-state index contributed by atoms with van der Waals surface area (Å²) in [6.07, 6.45) is 8.42. The molecule has 2 aliphatic heterocycles. The van der Waals surface area contributed by atoms with E-state index in [1.54, 1.807) is 4.31 Å². The minimum Gasteiger partial charge on any atom is -0.361 e. The molecule has 3 heterocycles. The van der Waals surface area contributed by atoms with Gasteiger partial charge in [0.1, 0.15) is 0 Å². The van der Waals surface area contributed by atoms with Crippen LogP contribution in [0.5, 0.6) is 0 Å². The van der Waals surface area contributed by atoms with Crippen LogP contribution in [0.25, 0.3) is 10.9 Å². The predicted octanol–water partition coefficient (Wildman–Crippen LogP) is 2.52. The second-order valence-electron chi connectivity index (χ2n) is 8.60. The number of nitrogens with one attached hydrogen (secondary N) is 1. The van der Waals surface area contributed by atoms with Gasteiger partial charge in [0.05, 0.1) is 6.26 Å². The number of H-pyrrole nitrogens is 1. The third-order valence-corrected chi connectivity index (χ3v) is 7.74. The fraction of sp³-hybridized carbons (Fsp3) is 0.591. The van der Waals surface area contributed by atoms with Crippen LogP contribution in [-0.2, 0) is 10.0 Å². The zero-order chi connectivity index (χ0) is 21.1. The number of amides is 1. The molecule has 1 aromatic heterocycles. The zero-order valence-corrected chi connectivity index (χ0v) is 18.5. The zero-order valence-electron chi connectivity index (χ0n) is 17.7. The van der Waals surface area contributed by atoms with E-state index in [0.717, 1.165) is 43.4 Å². The highest BCUT2D eigenvalue weighted by atomic mass is 32.2. The van der Waals surface area contributed by atoms with Gasteiger partial charge in [-0.15, -0.1) is 0 Å². The molecule has 0 radical (unpaired) electrons. The molecule has 1 unspecified atom stereocenters. The van der Waals surface area contributed by atoms with Gasteiger partial charge in [-0.05, 0) is 62.4 Å². The third-order valence-electron chi connectivity index (χ3n) is 6.40. The van der Waals surface area contributed by atoms with Gasteiger partial charge in [0.25, 0.3) is 5.91 Å². The summed E-state index contributed by atoms with van der Waals surface area (Å²) >= 11 is 0. The summed E-state index contributed by atoms with van der Waals surface area (Å²) in [5.41, 5.74) is 1.58. The molecule has 1 atom stereocenters. The molecule has 0 aliphatic carbocycles. The highest BCUT2D eigenvalue weighted by molar-refractivity contribution is 7.88. The van der Waals surface area contributed by atoms with E-state index in [1.165, 1.54) is 25.5 Å². The first-order valence-electron chi connectivity index (χ1n) is 11.0. The maximum Gasteiger partial charge on any atom is 0.253 e. The molecule has 4 rings (SSSR count). The molecule has 0 spiro atoms. The van der Waals surface area contributed by atoms with Crippen LogP contribution in [0.2, 0.25) is 0 Å². The Morgan fingerprint density at radius 1 is 1.13 bits per heavy atom. The van der Waals surface area contributed by atoms with Crippen molar-refractivity contribution in [3.63, 3.8) is 0 Å². The molecule has 1 aromatic carbocycles. The molecule has 8 heteroatoms. The largest absolute Gasteiger partial charge is 0.361 e. The van der Waals surface area contributed by atoms with Crippen LogP contribution < -0.4 is 0 Å². The van der Waals surface area contributed by atoms with Crippen molar-refractivity contribution in [1.82, 2.24) is 19.1 Å². The average molecular weight is 433 g/mol. The number of carbonyl (C=O) groups is 1. The number of hydrogen-bond donors (Lipinski definition) is 1. The van der Waals surface area contributed by atoms with E-state index >= 15 is 0 Å². The Hall–Kier alpha value is -1.90. The smallest absolute Gasteiger partial charge is 0.253 e. The number of carbonyl (C=O) groups excluding carboxylic acids is 1. The first-order valence-corrected chi connectivity index (χ1v) is 12.8. The lowest BCUT2D eigenvalue weighted by Crippen LogP contribution is -2.53. The maximum atomic E-state index is 13.1. The number of hydrogen-bond acceptors (Lipinski definition) is 4. The van der Waals surface area contributed by atoms with E-state index < -0.39 is 10.0 Å². The molecule has 164 valence electrons. The van der Waals surface area contributed by atoms with Gasteiger partial charge in [0, 0.05) is 49.5 Å². The number of sulfonamides is 1. The molecule has 1 amide bonds. The molecular formula is C22H32N4O3S. The molecule has 2 aromatic rings. The highest BCUT2D eigenvalue weighted by Gasteiger charge is 2.33. The van der Waals surface area contributed by atoms with Crippen molar-refractivity contribution in [3.8, 4) is 0 Å². The molecule has 2 saturated heterocycles. The Kier molecular flexibility index (Phi) is 6.46. The van der Waals surface area contributed by atoms with Crippen LogP contribution in [0.15, 0.2) is 30.5 Å². The Balaban J connectivity index is 1.45. The summed E-state index contributed by atoms with van der Waals surface area (Å²) in [6, 6.07) is 7.50. The lowest BCUT2D eigenvalue weighted by atomic mass is 10.0. The number of aromatic amines is 1. The van der Waals surface area contributed by atoms with Crippen molar-refractivity contribution < 1.29 is 13.2 Å². The first kappa shape index (κ1) is 21.3. The van der Waals surface area contributed by atoms with Crippen LogP contribution in [-0.4, -0.2) is 85.0 Å². The Morgan fingerprint density at radius 2 is 1.93 bits per heavy atom. The molecule has 2 fully saturated rings. The molecular weight excluding hydrogens is 400 g/mol. The molecule has 7 nitrogen and oxygen atoms in total. The van der Waals surface area contributed by atoms with Gasteiger partial charge >= 0.3 is 0 Å². The Labute approximate surface area is 179 Å². The van der Waals surface area contributed by atoms with Crippen molar-refractivity contribution in [2.45, 2.75) is 38.1 Å². The van der Waals surface area contributed by atoms with E-state index in [4.69, 9.17) is 0 Å². The number of piperidine rings is 2. The van der Waals surface area contributed by atoms with Gasteiger partial charge in [-0.3, -0.25) is 4.79 Å². The van der Waals surface area contributed by atoms with E-state index in [0.29, 0.717) is 25.2 Å². The topological polar surface area (TPSA) is 76.7 Å². The van der Waals surface area contributed by atoms with Gasteiger partial charge in [0.2, 0.25) is 10.0 Å². The summed E-state index contributed by atoms with van der Waals surface area (Å²) in [6.45, 7) is 4.49. The average Bonchev–Trinajstić information content (AvgIpc) is 3.21. The minimum absolute atomic E-state index is 0.0271. The lowest BCUT2D eigenvalue weighted by Gasteiger charge is -2.39. The molecule has 2 aliphatic rings. The third kappa shape index (κ3) is 4.87. The maximum absolute atomic E-state index is 13.1. The Morgan fingerprint density at radius 3 is 2.70 bits per heavy atom. The van der Waals surface area contributed by atoms with Gasteiger partial charge in [-0.1, -0.05) is 12.5 Å². The standard InChI is InChI=1S/C22H32N4O3S/c1-30(28,29)26(15-14-24-11-3-2-4-12-24)20-6-5-13-25(17-20)22(27)19-8-7-18-9-10-23-21(18)16-19/h7-10,16,20,23H,2-6,11-15,17H2,1H3. The van der Waals surface area contributed by atoms with E-state index in [1.807, 2.05) is 35.4 Å². The van der Waals surface area contributed by atoms with Crippen molar-refractivity contribution in [1.29, 1.82) is 0 Å². The fourth-order valence-corrected chi connectivity index (χ4v) is 5.91. The van der Waals surface area contributed by atoms with E-state index in [9.17, 15) is 13.2 Å².